The fourth-order valence-corrected chi connectivity index (χ4v) is 3.60. The zero-order valence-electron chi connectivity index (χ0n) is 18.9. The van der Waals surface area contributed by atoms with Gasteiger partial charge in [0.1, 0.15) is 17.5 Å². The first-order chi connectivity index (χ1) is 15.8. The lowest BCUT2D eigenvalue weighted by Gasteiger charge is -2.28. The first-order valence-electron chi connectivity index (χ1n) is 10.5. The number of hydrogen-bond acceptors (Lipinski definition) is 7. The van der Waals surface area contributed by atoms with E-state index in [2.05, 4.69) is 5.32 Å². The molecule has 0 aromatic heterocycles. The number of benzene rings is 2. The van der Waals surface area contributed by atoms with Crippen molar-refractivity contribution >= 4 is 29.4 Å². The molecule has 2 atom stereocenters. The maximum atomic E-state index is 13.0. The number of carbonyl (C=O) groups excluding carboxylic acids is 4. The van der Waals surface area contributed by atoms with Gasteiger partial charge in [-0.3, -0.25) is 19.3 Å². The molecule has 2 aromatic rings. The van der Waals surface area contributed by atoms with Crippen molar-refractivity contribution in [3.63, 3.8) is 0 Å². The SMILES string of the molecule is CC[C@H](C)[C@@H](C(=O)OCC(=O)Nc1cc(OC)ccc1OC)N1C(=O)c2ccccc2C1=O. The van der Waals surface area contributed by atoms with Crippen LogP contribution in [0.2, 0.25) is 0 Å². The molecule has 1 aliphatic rings. The second-order valence-corrected chi connectivity index (χ2v) is 7.58. The Balaban J connectivity index is 1.73. The molecular weight excluding hydrogens is 428 g/mol. The van der Waals surface area contributed by atoms with Crippen LogP contribution in [0.25, 0.3) is 0 Å². The summed E-state index contributed by atoms with van der Waals surface area (Å²) >= 11 is 0. The molecule has 0 spiro atoms. The molecule has 1 N–H and O–H groups in total. The fourth-order valence-electron chi connectivity index (χ4n) is 3.60. The maximum Gasteiger partial charge on any atom is 0.330 e. The second kappa shape index (κ2) is 10.2. The standard InChI is InChI=1S/C24H26N2O7/c1-5-14(2)21(26-22(28)16-8-6-7-9-17(16)23(26)29)24(30)33-13-20(27)25-18-12-15(31-3)10-11-19(18)32-4/h6-12,14,21H,5,13H2,1-4H3,(H,25,27)/t14-,21-/m0/s1. The molecule has 174 valence electrons. The molecule has 3 amide bonds. The molecule has 0 unspecified atom stereocenters. The van der Waals surface area contributed by atoms with E-state index < -0.39 is 36.3 Å². The average Bonchev–Trinajstić information content (AvgIpc) is 3.08. The molecule has 33 heavy (non-hydrogen) atoms. The third-order valence-corrected chi connectivity index (χ3v) is 5.55. The number of carbonyl (C=O) groups is 4. The van der Waals surface area contributed by atoms with Crippen molar-refractivity contribution in [2.75, 3.05) is 26.1 Å². The summed E-state index contributed by atoms with van der Waals surface area (Å²) in [6.07, 6.45) is 0.514. The number of anilines is 1. The lowest BCUT2D eigenvalue weighted by molar-refractivity contribution is -0.152. The van der Waals surface area contributed by atoms with Crippen molar-refractivity contribution in [3.8, 4) is 11.5 Å². The minimum atomic E-state index is -1.15. The topological polar surface area (TPSA) is 111 Å². The smallest absolute Gasteiger partial charge is 0.330 e. The number of ether oxygens (including phenoxy) is 3. The lowest BCUT2D eigenvalue weighted by Crippen LogP contribution is -2.49. The molecule has 1 aliphatic heterocycles. The van der Waals surface area contributed by atoms with Crippen molar-refractivity contribution in [2.24, 2.45) is 5.92 Å². The highest BCUT2D eigenvalue weighted by molar-refractivity contribution is 6.22. The highest BCUT2D eigenvalue weighted by Crippen LogP contribution is 2.30. The van der Waals surface area contributed by atoms with Crippen LogP contribution in [0.1, 0.15) is 41.0 Å². The van der Waals surface area contributed by atoms with Gasteiger partial charge in [0, 0.05) is 6.07 Å². The van der Waals surface area contributed by atoms with E-state index in [9.17, 15) is 19.2 Å². The monoisotopic (exact) mass is 454 g/mol. The number of methoxy groups -OCH3 is 2. The number of nitrogens with zero attached hydrogens (tertiary/aromatic N) is 1. The van der Waals surface area contributed by atoms with Gasteiger partial charge < -0.3 is 19.5 Å². The zero-order valence-corrected chi connectivity index (χ0v) is 18.9. The highest BCUT2D eigenvalue weighted by Gasteiger charge is 2.45. The summed E-state index contributed by atoms with van der Waals surface area (Å²) in [5.74, 6) is -2.01. The van der Waals surface area contributed by atoms with Gasteiger partial charge in [0.15, 0.2) is 6.61 Å². The van der Waals surface area contributed by atoms with Gasteiger partial charge in [-0.15, -0.1) is 0 Å². The molecule has 0 saturated heterocycles. The van der Waals surface area contributed by atoms with Gasteiger partial charge in [-0.05, 0) is 30.2 Å². The van der Waals surface area contributed by atoms with Crippen molar-refractivity contribution in [1.82, 2.24) is 4.90 Å². The third-order valence-electron chi connectivity index (χ3n) is 5.55. The molecule has 9 heteroatoms. The minimum Gasteiger partial charge on any atom is -0.497 e. The van der Waals surface area contributed by atoms with E-state index in [-0.39, 0.29) is 17.0 Å². The van der Waals surface area contributed by atoms with E-state index in [1.807, 2.05) is 6.92 Å². The van der Waals surface area contributed by atoms with E-state index in [4.69, 9.17) is 14.2 Å². The number of nitrogens with one attached hydrogen (secondary N) is 1. The van der Waals surface area contributed by atoms with Crippen LogP contribution in [0.4, 0.5) is 5.69 Å². The van der Waals surface area contributed by atoms with Crippen LogP contribution in [-0.4, -0.2) is 55.5 Å². The number of hydrogen-bond donors (Lipinski definition) is 1. The van der Waals surface area contributed by atoms with Gasteiger partial charge in [-0.1, -0.05) is 32.4 Å². The van der Waals surface area contributed by atoms with Gasteiger partial charge in [-0.2, -0.15) is 0 Å². The van der Waals surface area contributed by atoms with Gasteiger partial charge in [0.05, 0.1) is 31.0 Å². The predicted octanol–water partition coefficient (Wildman–Crippen LogP) is 2.90. The van der Waals surface area contributed by atoms with Gasteiger partial charge in [-0.25, -0.2) is 4.79 Å². The minimum absolute atomic E-state index is 0.242. The second-order valence-electron chi connectivity index (χ2n) is 7.58. The lowest BCUT2D eigenvalue weighted by atomic mass is 9.97. The Bertz CT molecular complexity index is 1050. The number of rotatable bonds is 9. The number of imide groups is 1. The summed E-state index contributed by atoms with van der Waals surface area (Å²) < 4.78 is 15.6. The highest BCUT2D eigenvalue weighted by atomic mass is 16.5. The molecule has 3 rings (SSSR count). The van der Waals surface area contributed by atoms with E-state index in [0.29, 0.717) is 23.6 Å². The van der Waals surface area contributed by atoms with Crippen LogP contribution < -0.4 is 14.8 Å². The molecular formula is C24H26N2O7. The molecule has 0 aliphatic carbocycles. The van der Waals surface area contributed by atoms with Crippen molar-refractivity contribution in [2.45, 2.75) is 26.3 Å². The maximum absolute atomic E-state index is 13.0. The van der Waals surface area contributed by atoms with Crippen LogP contribution in [0.5, 0.6) is 11.5 Å². The van der Waals surface area contributed by atoms with Gasteiger partial charge in [0.2, 0.25) is 0 Å². The van der Waals surface area contributed by atoms with Gasteiger partial charge in [0.25, 0.3) is 17.7 Å². The molecule has 0 bridgehead atoms. The van der Waals surface area contributed by atoms with Crippen molar-refractivity contribution in [1.29, 1.82) is 0 Å². The fraction of sp³-hybridized carbons (Fsp3) is 0.333. The van der Waals surface area contributed by atoms with Gasteiger partial charge >= 0.3 is 5.97 Å². The van der Waals surface area contributed by atoms with E-state index in [0.717, 1.165) is 4.90 Å². The molecule has 0 saturated carbocycles. The molecule has 1 heterocycles. The predicted molar refractivity (Wildman–Crippen MR) is 119 cm³/mol. The van der Waals surface area contributed by atoms with Crippen LogP contribution in [0, 0.1) is 5.92 Å². The summed E-state index contributed by atoms with van der Waals surface area (Å²) in [6, 6.07) is 10.1. The van der Waals surface area contributed by atoms with Crippen molar-refractivity contribution < 1.29 is 33.4 Å². The normalized spacial score (nSPS) is 14.4. The van der Waals surface area contributed by atoms with Crippen LogP contribution in [-0.2, 0) is 14.3 Å². The first-order valence-corrected chi connectivity index (χ1v) is 10.5. The third kappa shape index (κ3) is 4.82. The summed E-state index contributed by atoms with van der Waals surface area (Å²) in [5.41, 5.74) is 0.828. The largest absolute Gasteiger partial charge is 0.497 e. The summed E-state index contributed by atoms with van der Waals surface area (Å²) in [7, 11) is 2.94. The quantitative estimate of drug-likeness (QED) is 0.458. The van der Waals surface area contributed by atoms with Crippen molar-refractivity contribution in [3.05, 3.63) is 53.6 Å². The van der Waals surface area contributed by atoms with E-state index in [1.54, 1.807) is 49.4 Å². The average molecular weight is 454 g/mol. The van der Waals surface area contributed by atoms with Crippen LogP contribution >= 0.6 is 0 Å². The van der Waals surface area contributed by atoms with Crippen LogP contribution in [0.3, 0.4) is 0 Å². The van der Waals surface area contributed by atoms with E-state index >= 15 is 0 Å². The Morgan fingerprint density at radius 1 is 1.00 bits per heavy atom. The summed E-state index contributed by atoms with van der Waals surface area (Å²) in [5, 5.41) is 2.61. The first kappa shape index (κ1) is 23.8. The molecule has 0 fully saturated rings. The van der Waals surface area contributed by atoms with E-state index in [1.165, 1.54) is 14.2 Å². The Morgan fingerprint density at radius 2 is 1.64 bits per heavy atom. The number of fused-ring (bicyclic) bond motifs is 1. The Labute approximate surface area is 191 Å². The molecule has 0 radical (unpaired) electrons. The van der Waals surface area contributed by atoms with Crippen LogP contribution in [0.15, 0.2) is 42.5 Å². The zero-order chi connectivity index (χ0) is 24.1. The number of amides is 3. The molecule has 2 aromatic carbocycles. The Kier molecular flexibility index (Phi) is 7.32. The number of esters is 1. The molecule has 9 nitrogen and oxygen atoms in total. The Morgan fingerprint density at radius 3 is 2.18 bits per heavy atom. The Hall–Kier alpha value is -3.88. The summed E-state index contributed by atoms with van der Waals surface area (Å²) in [6.45, 7) is 2.98. The summed E-state index contributed by atoms with van der Waals surface area (Å²) in [4.78, 5) is 52.1.